The topological polar surface area (TPSA) is 15.8 Å². The molecule has 0 saturated heterocycles. The summed E-state index contributed by atoms with van der Waals surface area (Å²) < 4.78 is 0. The lowest BCUT2D eigenvalue weighted by atomic mass is 9.43. The lowest BCUT2D eigenvalue weighted by Gasteiger charge is -2.61. The average molecular weight is 426 g/mol. The van der Waals surface area contributed by atoms with E-state index in [1.807, 2.05) is 0 Å². The molecule has 5 aliphatic carbocycles. The summed E-state index contributed by atoms with van der Waals surface area (Å²) in [5, 5.41) is 5.43. The van der Waals surface area contributed by atoms with Crippen LogP contribution in [0.1, 0.15) is 43.2 Å². The summed E-state index contributed by atoms with van der Waals surface area (Å²) in [4.78, 5) is 3.79. The smallest absolute Gasteiger partial charge is 0.0471 e. The lowest BCUT2D eigenvalue weighted by molar-refractivity contribution is -0.0399. The fraction of sp³-hybridized carbons (Fsp3) is 0.312. The molecule has 1 nitrogen and oxygen atoms in total. The molecule has 4 saturated carbocycles. The van der Waals surface area contributed by atoms with E-state index in [1.54, 1.807) is 11.1 Å². The first-order chi connectivity index (χ1) is 16.3. The van der Waals surface area contributed by atoms with Crippen molar-refractivity contribution in [3.63, 3.8) is 0 Å². The Kier molecular flexibility index (Phi) is 3.01. The summed E-state index contributed by atoms with van der Waals surface area (Å²) in [6.45, 7) is 0. The average Bonchev–Trinajstić information content (AvgIpc) is 3.32. The van der Waals surface area contributed by atoms with Crippen LogP contribution in [-0.2, 0) is 5.41 Å². The van der Waals surface area contributed by atoms with E-state index in [0.717, 1.165) is 23.7 Å². The zero-order valence-electron chi connectivity index (χ0n) is 18.8. The van der Waals surface area contributed by atoms with Gasteiger partial charge < -0.3 is 4.98 Å². The van der Waals surface area contributed by atoms with Crippen molar-refractivity contribution in [2.75, 3.05) is 0 Å². The zero-order valence-corrected chi connectivity index (χ0v) is 18.8. The number of benzene rings is 4. The third-order valence-corrected chi connectivity index (χ3v) is 10.1. The van der Waals surface area contributed by atoms with Gasteiger partial charge in [-0.15, -0.1) is 0 Å². The largest absolute Gasteiger partial charge is 0.354 e. The minimum absolute atomic E-state index is 0.244. The molecule has 160 valence electrons. The van der Waals surface area contributed by atoms with Gasteiger partial charge in [0.1, 0.15) is 0 Å². The van der Waals surface area contributed by atoms with Crippen molar-refractivity contribution in [1.82, 2.24) is 4.98 Å². The number of fused-ring (bicyclic) bond motifs is 7. The Morgan fingerprint density at radius 2 is 1.21 bits per heavy atom. The van der Waals surface area contributed by atoms with Gasteiger partial charge in [-0.3, -0.25) is 0 Å². The Balaban J connectivity index is 1.39. The molecule has 1 heterocycles. The zero-order chi connectivity index (χ0) is 21.3. The van der Waals surface area contributed by atoms with Gasteiger partial charge in [-0.05, 0) is 113 Å². The number of hydrogen-bond acceptors (Lipinski definition) is 0. The molecule has 4 bridgehead atoms. The third-order valence-electron chi connectivity index (χ3n) is 10.1. The molecule has 1 N–H and O–H groups in total. The number of H-pyrrole nitrogens is 1. The van der Waals surface area contributed by atoms with Gasteiger partial charge in [-0.1, -0.05) is 48.5 Å². The maximum absolute atomic E-state index is 3.79. The number of aromatic amines is 1. The maximum atomic E-state index is 3.79. The van der Waals surface area contributed by atoms with Crippen LogP contribution in [0.25, 0.3) is 43.7 Å². The molecule has 4 aromatic carbocycles. The van der Waals surface area contributed by atoms with E-state index >= 15 is 0 Å². The van der Waals surface area contributed by atoms with Crippen molar-refractivity contribution < 1.29 is 0 Å². The van der Waals surface area contributed by atoms with Gasteiger partial charge in [-0.25, -0.2) is 0 Å². The molecular formula is C32H27N. The molecule has 0 amide bonds. The monoisotopic (exact) mass is 425 g/mol. The van der Waals surface area contributed by atoms with Crippen LogP contribution < -0.4 is 0 Å². The minimum atomic E-state index is 0.244. The molecule has 5 aliphatic rings. The molecule has 1 aromatic heterocycles. The predicted molar refractivity (Wildman–Crippen MR) is 137 cm³/mol. The molecule has 0 unspecified atom stereocenters. The van der Waals surface area contributed by atoms with Crippen LogP contribution in [0.4, 0.5) is 0 Å². The number of hydrogen-bond donors (Lipinski definition) is 1. The minimum Gasteiger partial charge on any atom is -0.354 e. The first-order valence-corrected chi connectivity index (χ1v) is 12.9. The molecule has 33 heavy (non-hydrogen) atoms. The van der Waals surface area contributed by atoms with Gasteiger partial charge >= 0.3 is 0 Å². The highest BCUT2D eigenvalue weighted by atomic mass is 14.7. The van der Waals surface area contributed by atoms with E-state index in [9.17, 15) is 0 Å². The Labute approximate surface area is 193 Å². The first-order valence-electron chi connectivity index (χ1n) is 12.9. The second-order valence-corrected chi connectivity index (χ2v) is 11.5. The van der Waals surface area contributed by atoms with E-state index in [1.165, 1.54) is 75.8 Å². The molecule has 4 fully saturated rings. The third kappa shape index (κ3) is 1.98. The number of nitrogens with one attached hydrogen (secondary N) is 1. The molecule has 10 rings (SSSR count). The standard InChI is InChI=1S/C32H27N/c1-2-6-21-15-30-26(14-20(21)5-1)27-16-29-25(17-31(27)33-30)24-7-3-4-8-28(24)32(29)22-10-18-9-19(12-22)13-23(32)11-18/h1-8,14-19,22-23,33H,9-13H2. The molecule has 0 atom stereocenters. The van der Waals surface area contributed by atoms with Crippen molar-refractivity contribution in [3.8, 4) is 11.1 Å². The second-order valence-electron chi connectivity index (χ2n) is 11.5. The van der Waals surface area contributed by atoms with Crippen molar-refractivity contribution >= 4 is 32.6 Å². The summed E-state index contributed by atoms with van der Waals surface area (Å²) >= 11 is 0. The molecule has 1 spiro atoms. The Hall–Kier alpha value is -3.06. The van der Waals surface area contributed by atoms with Gasteiger partial charge in [0, 0.05) is 27.2 Å². The van der Waals surface area contributed by atoms with E-state index < -0.39 is 0 Å². The summed E-state index contributed by atoms with van der Waals surface area (Å²) in [6.07, 6.45) is 7.27. The predicted octanol–water partition coefficient (Wildman–Crippen LogP) is 8.20. The van der Waals surface area contributed by atoms with Crippen molar-refractivity contribution in [2.45, 2.75) is 37.5 Å². The van der Waals surface area contributed by atoms with Crippen LogP contribution in [0.5, 0.6) is 0 Å². The number of aromatic nitrogens is 1. The summed E-state index contributed by atoms with van der Waals surface area (Å²) in [5.74, 6) is 3.61. The maximum Gasteiger partial charge on any atom is 0.0471 e. The van der Waals surface area contributed by atoms with E-state index in [2.05, 4.69) is 77.8 Å². The van der Waals surface area contributed by atoms with E-state index in [0.29, 0.717) is 0 Å². The Bertz CT molecular complexity index is 1610. The van der Waals surface area contributed by atoms with Crippen LogP contribution in [0.3, 0.4) is 0 Å². The van der Waals surface area contributed by atoms with Gasteiger partial charge in [0.2, 0.25) is 0 Å². The number of rotatable bonds is 0. The summed E-state index contributed by atoms with van der Waals surface area (Å²) in [7, 11) is 0. The molecule has 1 heteroatoms. The molecule has 0 radical (unpaired) electrons. The molecule has 0 aliphatic heterocycles. The SMILES string of the molecule is c1ccc2c(c1)-c1cc3[nH]c4cc5ccccc5cc4c3cc1C21C2CC3CC(C2)CC1C3. The van der Waals surface area contributed by atoms with Gasteiger partial charge in [-0.2, -0.15) is 0 Å². The molecule has 5 aromatic rings. The van der Waals surface area contributed by atoms with Gasteiger partial charge in [0.05, 0.1) is 0 Å². The summed E-state index contributed by atoms with van der Waals surface area (Å²) in [6, 6.07) is 28.0. The lowest BCUT2D eigenvalue weighted by Crippen LogP contribution is -2.55. The van der Waals surface area contributed by atoms with Crippen LogP contribution in [-0.4, -0.2) is 4.98 Å². The highest BCUT2D eigenvalue weighted by molar-refractivity contribution is 6.13. The van der Waals surface area contributed by atoms with Crippen LogP contribution in [0.2, 0.25) is 0 Å². The van der Waals surface area contributed by atoms with E-state index in [4.69, 9.17) is 0 Å². The second kappa shape index (κ2) is 5.70. The highest BCUT2D eigenvalue weighted by Gasteiger charge is 2.61. The van der Waals surface area contributed by atoms with Gasteiger partial charge in [0.15, 0.2) is 0 Å². The van der Waals surface area contributed by atoms with Crippen LogP contribution in [0.15, 0.2) is 72.8 Å². The Morgan fingerprint density at radius 1 is 0.576 bits per heavy atom. The fourth-order valence-electron chi connectivity index (χ4n) is 9.23. The van der Waals surface area contributed by atoms with Crippen LogP contribution in [0, 0.1) is 23.7 Å². The summed E-state index contributed by atoms with van der Waals surface area (Å²) in [5.41, 5.74) is 9.10. The van der Waals surface area contributed by atoms with E-state index in [-0.39, 0.29) is 5.41 Å². The quantitative estimate of drug-likeness (QED) is 0.257. The molecular weight excluding hydrogens is 398 g/mol. The Morgan fingerprint density at radius 3 is 2.00 bits per heavy atom. The first kappa shape index (κ1) is 17.4. The van der Waals surface area contributed by atoms with Crippen molar-refractivity contribution in [1.29, 1.82) is 0 Å². The van der Waals surface area contributed by atoms with Crippen molar-refractivity contribution in [2.24, 2.45) is 23.7 Å². The van der Waals surface area contributed by atoms with Crippen molar-refractivity contribution in [3.05, 3.63) is 83.9 Å². The highest BCUT2D eigenvalue weighted by Crippen LogP contribution is 2.69. The normalized spacial score (nSPS) is 31.2. The fourth-order valence-corrected chi connectivity index (χ4v) is 9.23. The van der Waals surface area contributed by atoms with Crippen LogP contribution >= 0.6 is 0 Å². The van der Waals surface area contributed by atoms with Gasteiger partial charge in [0.25, 0.3) is 0 Å².